The summed E-state index contributed by atoms with van der Waals surface area (Å²) in [5.41, 5.74) is 0.399. The van der Waals surface area contributed by atoms with Crippen LogP contribution < -0.4 is 5.32 Å². The van der Waals surface area contributed by atoms with Gasteiger partial charge in [-0.3, -0.25) is 0 Å². The molecule has 0 aromatic carbocycles. The Bertz CT molecular complexity index is 229. The summed E-state index contributed by atoms with van der Waals surface area (Å²) in [4.78, 5) is 2.53. The Balaban J connectivity index is 2.73. The second-order valence-corrected chi connectivity index (χ2v) is 6.79. The summed E-state index contributed by atoms with van der Waals surface area (Å²) in [6, 6.07) is 0.673. The molecule has 1 atom stereocenters. The lowest BCUT2D eigenvalue weighted by Gasteiger charge is -2.50. The first-order valence-corrected chi connectivity index (χ1v) is 8.47. The highest BCUT2D eigenvalue weighted by Crippen LogP contribution is 2.39. The molecule has 0 radical (unpaired) electrons. The Morgan fingerprint density at radius 2 is 1.79 bits per heavy atom. The minimum atomic E-state index is 0.399. The van der Waals surface area contributed by atoms with Gasteiger partial charge in [0.2, 0.25) is 0 Å². The molecule has 1 fully saturated rings. The third-order valence-corrected chi connectivity index (χ3v) is 5.23. The van der Waals surface area contributed by atoms with Crippen LogP contribution >= 0.6 is 0 Å². The van der Waals surface area contributed by atoms with E-state index in [0.29, 0.717) is 11.6 Å². The maximum atomic E-state index is 3.81. The maximum absolute atomic E-state index is 3.81. The van der Waals surface area contributed by atoms with Gasteiger partial charge >= 0.3 is 0 Å². The molecule has 114 valence electrons. The molecule has 1 N–H and O–H groups in total. The molecule has 1 rings (SSSR count). The number of nitrogens with zero attached hydrogens (tertiary/aromatic N) is 1. The van der Waals surface area contributed by atoms with E-state index in [4.69, 9.17) is 0 Å². The smallest absolute Gasteiger partial charge is 0.0356 e. The van der Waals surface area contributed by atoms with Crippen LogP contribution in [0.25, 0.3) is 0 Å². The van der Waals surface area contributed by atoms with Crippen LogP contribution in [0.2, 0.25) is 0 Å². The Hall–Kier alpha value is -0.0800. The van der Waals surface area contributed by atoms with Gasteiger partial charge in [-0.1, -0.05) is 40.0 Å². The minimum absolute atomic E-state index is 0.399. The van der Waals surface area contributed by atoms with Crippen molar-refractivity contribution in [2.75, 3.05) is 20.6 Å². The van der Waals surface area contributed by atoms with E-state index < -0.39 is 0 Å². The fourth-order valence-electron chi connectivity index (χ4n) is 3.77. The van der Waals surface area contributed by atoms with E-state index in [2.05, 4.69) is 45.1 Å². The van der Waals surface area contributed by atoms with Crippen molar-refractivity contribution in [1.29, 1.82) is 0 Å². The van der Waals surface area contributed by atoms with Crippen molar-refractivity contribution >= 4 is 0 Å². The van der Waals surface area contributed by atoms with Gasteiger partial charge in [-0.25, -0.2) is 0 Å². The summed E-state index contributed by atoms with van der Waals surface area (Å²) in [5, 5.41) is 3.81. The zero-order valence-corrected chi connectivity index (χ0v) is 14.0. The minimum Gasteiger partial charge on any atom is -0.312 e. The summed E-state index contributed by atoms with van der Waals surface area (Å²) in [7, 11) is 4.58. The summed E-state index contributed by atoms with van der Waals surface area (Å²) >= 11 is 0. The van der Waals surface area contributed by atoms with E-state index in [1.807, 2.05) is 0 Å². The highest BCUT2D eigenvalue weighted by Gasteiger charge is 2.42. The van der Waals surface area contributed by atoms with Crippen molar-refractivity contribution < 1.29 is 0 Å². The average molecular weight is 268 g/mol. The third kappa shape index (κ3) is 4.46. The molecule has 0 aromatic rings. The molecule has 0 bridgehead atoms. The molecule has 0 amide bonds. The lowest BCUT2D eigenvalue weighted by molar-refractivity contribution is 0.0400. The summed E-state index contributed by atoms with van der Waals surface area (Å²) in [5.74, 6) is 0.922. The van der Waals surface area contributed by atoms with Crippen LogP contribution in [0.3, 0.4) is 0 Å². The SMILES string of the molecule is CCCCCC(NCC)C1(N(C)C)CCC(C)CC1. The summed E-state index contributed by atoms with van der Waals surface area (Å²) in [6.07, 6.45) is 10.9. The van der Waals surface area contributed by atoms with E-state index in [0.717, 1.165) is 12.5 Å². The van der Waals surface area contributed by atoms with Gasteiger partial charge in [0.05, 0.1) is 0 Å². The first-order chi connectivity index (χ1) is 9.06. The standard InChI is InChI=1S/C17H36N2/c1-6-8-9-10-16(18-7-2)17(19(4)5)13-11-15(3)12-14-17/h15-16,18H,6-14H2,1-5H3. The molecule has 0 spiro atoms. The second-order valence-electron chi connectivity index (χ2n) is 6.79. The molecular formula is C17H36N2. The molecule has 2 nitrogen and oxygen atoms in total. The first kappa shape index (κ1) is 17.0. The van der Waals surface area contributed by atoms with Gasteiger partial charge in [0.25, 0.3) is 0 Å². The van der Waals surface area contributed by atoms with E-state index in [-0.39, 0.29) is 0 Å². The predicted molar refractivity (Wildman–Crippen MR) is 85.7 cm³/mol. The van der Waals surface area contributed by atoms with Crippen LogP contribution in [-0.2, 0) is 0 Å². The number of hydrogen-bond acceptors (Lipinski definition) is 2. The number of rotatable bonds is 8. The van der Waals surface area contributed by atoms with Crippen molar-refractivity contribution in [3.8, 4) is 0 Å². The average Bonchev–Trinajstić information content (AvgIpc) is 2.39. The van der Waals surface area contributed by atoms with Gasteiger partial charge in [0.1, 0.15) is 0 Å². The number of hydrogen-bond donors (Lipinski definition) is 1. The molecule has 1 aliphatic carbocycles. The lowest BCUT2D eigenvalue weighted by Crippen LogP contribution is -2.60. The van der Waals surface area contributed by atoms with Gasteiger partial charge in [-0.05, 0) is 58.7 Å². The Morgan fingerprint density at radius 3 is 2.26 bits per heavy atom. The third-order valence-electron chi connectivity index (χ3n) is 5.23. The quantitative estimate of drug-likeness (QED) is 0.668. The van der Waals surface area contributed by atoms with Crippen LogP contribution in [0.1, 0.15) is 72.1 Å². The van der Waals surface area contributed by atoms with E-state index >= 15 is 0 Å². The fourth-order valence-corrected chi connectivity index (χ4v) is 3.77. The largest absolute Gasteiger partial charge is 0.312 e. The van der Waals surface area contributed by atoms with Gasteiger partial charge in [-0.15, -0.1) is 0 Å². The normalized spacial score (nSPS) is 29.7. The van der Waals surface area contributed by atoms with Crippen LogP contribution in [0.4, 0.5) is 0 Å². The molecular weight excluding hydrogens is 232 g/mol. The molecule has 1 unspecified atom stereocenters. The van der Waals surface area contributed by atoms with Gasteiger partial charge in [0.15, 0.2) is 0 Å². The topological polar surface area (TPSA) is 15.3 Å². The fraction of sp³-hybridized carbons (Fsp3) is 1.00. The van der Waals surface area contributed by atoms with Crippen molar-refractivity contribution in [3.05, 3.63) is 0 Å². The van der Waals surface area contributed by atoms with Crippen molar-refractivity contribution in [2.45, 2.75) is 83.7 Å². The molecule has 0 aliphatic heterocycles. The molecule has 1 aliphatic rings. The Labute approximate surface area is 121 Å². The van der Waals surface area contributed by atoms with E-state index in [1.54, 1.807) is 0 Å². The molecule has 0 aromatic heterocycles. The van der Waals surface area contributed by atoms with Crippen LogP contribution in [0.5, 0.6) is 0 Å². The lowest BCUT2D eigenvalue weighted by atomic mass is 9.71. The summed E-state index contributed by atoms with van der Waals surface area (Å²) in [6.45, 7) is 8.06. The van der Waals surface area contributed by atoms with E-state index in [9.17, 15) is 0 Å². The number of unbranched alkanes of at least 4 members (excludes halogenated alkanes) is 2. The number of likely N-dealkylation sites (N-methyl/N-ethyl adjacent to an activating group) is 2. The van der Waals surface area contributed by atoms with Crippen molar-refractivity contribution in [3.63, 3.8) is 0 Å². The Morgan fingerprint density at radius 1 is 1.16 bits per heavy atom. The second kappa shape index (κ2) is 8.26. The maximum Gasteiger partial charge on any atom is 0.0356 e. The molecule has 2 heteroatoms. The molecule has 1 saturated carbocycles. The van der Waals surface area contributed by atoms with Crippen LogP contribution in [0.15, 0.2) is 0 Å². The zero-order valence-electron chi connectivity index (χ0n) is 14.0. The summed E-state index contributed by atoms with van der Waals surface area (Å²) < 4.78 is 0. The highest BCUT2D eigenvalue weighted by atomic mass is 15.2. The van der Waals surface area contributed by atoms with Gasteiger partial charge in [0, 0.05) is 11.6 Å². The van der Waals surface area contributed by atoms with Crippen molar-refractivity contribution in [2.24, 2.45) is 5.92 Å². The van der Waals surface area contributed by atoms with E-state index in [1.165, 1.54) is 51.4 Å². The highest BCUT2D eigenvalue weighted by molar-refractivity contribution is 5.01. The zero-order chi connectivity index (χ0) is 14.3. The molecule has 0 saturated heterocycles. The Kier molecular flexibility index (Phi) is 7.38. The predicted octanol–water partition coefficient (Wildman–Crippen LogP) is 4.06. The van der Waals surface area contributed by atoms with Crippen molar-refractivity contribution in [1.82, 2.24) is 10.2 Å². The van der Waals surface area contributed by atoms with Crippen LogP contribution in [0, 0.1) is 5.92 Å². The number of nitrogens with one attached hydrogen (secondary N) is 1. The molecule has 19 heavy (non-hydrogen) atoms. The monoisotopic (exact) mass is 268 g/mol. The van der Waals surface area contributed by atoms with Gasteiger partial charge < -0.3 is 10.2 Å². The first-order valence-electron chi connectivity index (χ1n) is 8.47. The van der Waals surface area contributed by atoms with Gasteiger partial charge in [-0.2, -0.15) is 0 Å². The molecule has 0 heterocycles. The van der Waals surface area contributed by atoms with Crippen LogP contribution in [-0.4, -0.2) is 37.1 Å².